The lowest BCUT2D eigenvalue weighted by molar-refractivity contribution is -0.303. The van der Waals surface area contributed by atoms with Crippen LogP contribution in [0.4, 0.5) is 4.39 Å². The van der Waals surface area contributed by atoms with E-state index >= 15 is 0 Å². The van der Waals surface area contributed by atoms with E-state index in [0.717, 1.165) is 17.7 Å². The molecule has 0 spiro atoms. The molecule has 0 saturated carbocycles. The van der Waals surface area contributed by atoms with E-state index in [1.54, 1.807) is 44.5 Å². The van der Waals surface area contributed by atoms with E-state index in [1.807, 2.05) is 59.8 Å². The molecule has 18 atom stereocenters. The number of carbonyl (C=O) groups excluding carboxylic acids is 1. The zero-order valence-electron chi connectivity index (χ0n) is 42.4. The fourth-order valence-corrected chi connectivity index (χ4v) is 11.3. The minimum Gasteiger partial charge on any atom is -0.459 e. The van der Waals surface area contributed by atoms with Crippen molar-refractivity contribution in [3.8, 4) is 0 Å². The first kappa shape index (κ1) is 55.2. The van der Waals surface area contributed by atoms with Crippen LogP contribution in [0, 0.1) is 29.5 Å². The summed E-state index contributed by atoms with van der Waals surface area (Å²) in [6.45, 7) is 19.7. The molecule has 0 radical (unpaired) electrons. The molecule has 3 aliphatic rings. The first-order valence-electron chi connectivity index (χ1n) is 24.6. The molecule has 4 heterocycles. The van der Waals surface area contributed by atoms with E-state index < -0.39 is 95.6 Å². The largest absolute Gasteiger partial charge is 0.459 e. The molecule has 17 heteroatoms. The third kappa shape index (κ3) is 13.2. The van der Waals surface area contributed by atoms with Gasteiger partial charge in [0, 0.05) is 50.8 Å². The SMILES string of the molecule is CC[C@H]1OC(=O)[C@H](C)[C@@H](C2C[C@@](C)(OC)[C@@H](O)[C@H](C)O2)[C@H](C)[C@@H](O[C@@H]2O[C@H](C)C[C@H](N(C)CCCc3cn(CCc4ccc(F)cc4)nn3)[C@H]2O)[C@](C)(O)C[C@@H](C)CN(C)[C@H](C)[C@@H](O)[C@]1(C)O. The monoisotopic (exact) mass is 950 g/mol. The second-order valence-corrected chi connectivity index (χ2v) is 21.2. The minimum absolute atomic E-state index is 0.164. The summed E-state index contributed by atoms with van der Waals surface area (Å²) in [6, 6.07) is 5.53. The van der Waals surface area contributed by atoms with Crippen molar-refractivity contribution in [2.45, 2.75) is 205 Å². The summed E-state index contributed by atoms with van der Waals surface area (Å²) < 4.78 is 47.3. The third-order valence-electron chi connectivity index (χ3n) is 15.5. The molecule has 67 heavy (non-hydrogen) atoms. The fourth-order valence-electron chi connectivity index (χ4n) is 11.3. The maximum atomic E-state index is 14.6. The number of halogens is 1. The summed E-state index contributed by atoms with van der Waals surface area (Å²) in [6.07, 6.45) is -3.15. The molecule has 3 aliphatic heterocycles. The van der Waals surface area contributed by atoms with Gasteiger partial charge < -0.3 is 59.0 Å². The molecule has 0 aliphatic carbocycles. The van der Waals surface area contributed by atoms with Gasteiger partial charge in [0.15, 0.2) is 6.29 Å². The summed E-state index contributed by atoms with van der Waals surface area (Å²) >= 11 is 0. The van der Waals surface area contributed by atoms with Gasteiger partial charge in [0.25, 0.3) is 0 Å². The molecule has 3 saturated heterocycles. The maximum absolute atomic E-state index is 14.6. The number of esters is 1. The fraction of sp³-hybridized carbons (Fsp3) is 0.820. The summed E-state index contributed by atoms with van der Waals surface area (Å²) in [5.74, 6) is -3.36. The lowest BCUT2D eigenvalue weighted by atomic mass is 9.68. The molecule has 16 nitrogen and oxygen atoms in total. The number of aromatic nitrogens is 3. The van der Waals surface area contributed by atoms with E-state index in [2.05, 4.69) is 15.2 Å². The number of ether oxygens (including phenoxy) is 5. The molecule has 0 bridgehead atoms. The van der Waals surface area contributed by atoms with Crippen LogP contribution in [0.1, 0.15) is 113 Å². The van der Waals surface area contributed by atoms with Crippen LogP contribution in [0.3, 0.4) is 0 Å². The van der Waals surface area contributed by atoms with Crippen molar-refractivity contribution in [3.63, 3.8) is 0 Å². The zero-order chi connectivity index (χ0) is 49.8. The van der Waals surface area contributed by atoms with Gasteiger partial charge in [0.05, 0.1) is 47.2 Å². The predicted molar refractivity (Wildman–Crippen MR) is 250 cm³/mol. The Morgan fingerprint density at radius 1 is 0.970 bits per heavy atom. The van der Waals surface area contributed by atoms with Gasteiger partial charge >= 0.3 is 5.97 Å². The summed E-state index contributed by atoms with van der Waals surface area (Å²) in [5.41, 5.74) is -2.57. The van der Waals surface area contributed by atoms with E-state index in [1.165, 1.54) is 26.2 Å². The number of aryl methyl sites for hydroxylation is 3. The Balaban J connectivity index is 1.42. The normalized spacial score (nSPS) is 41.1. The Kier molecular flexibility index (Phi) is 19.0. The number of aliphatic hydroxyl groups excluding tert-OH is 3. The van der Waals surface area contributed by atoms with Gasteiger partial charge in [0.2, 0.25) is 0 Å². The molecular weight excluding hydrogens is 866 g/mol. The van der Waals surface area contributed by atoms with Crippen molar-refractivity contribution in [2.24, 2.45) is 23.7 Å². The van der Waals surface area contributed by atoms with Crippen LogP contribution in [0.5, 0.6) is 0 Å². The first-order valence-corrected chi connectivity index (χ1v) is 24.6. The summed E-state index contributed by atoms with van der Waals surface area (Å²) in [7, 11) is 5.35. The molecule has 5 N–H and O–H groups in total. The Hall–Kier alpha value is -2.68. The smallest absolute Gasteiger partial charge is 0.309 e. The van der Waals surface area contributed by atoms with Gasteiger partial charge in [-0.25, -0.2) is 4.39 Å². The number of hydrogen-bond acceptors (Lipinski definition) is 15. The number of nitrogens with zero attached hydrogens (tertiary/aromatic N) is 5. The lowest BCUT2D eigenvalue weighted by Gasteiger charge is -2.51. The Morgan fingerprint density at radius 3 is 2.28 bits per heavy atom. The number of cyclic esters (lactones) is 1. The molecule has 0 amide bonds. The second kappa shape index (κ2) is 23.0. The highest BCUT2D eigenvalue weighted by Gasteiger charge is 2.55. The van der Waals surface area contributed by atoms with Gasteiger partial charge in [-0.2, -0.15) is 0 Å². The number of hydrogen-bond donors (Lipinski definition) is 5. The highest BCUT2D eigenvalue weighted by molar-refractivity contribution is 5.73. The molecule has 1 unspecified atom stereocenters. The number of rotatable bonds is 13. The standard InChI is InChI=1S/C50H84FN5O11/c1-14-40-50(10,62)43(58)33(6)55(12)27-29(2)25-48(8,61)45(31(4)41(32(5)46(60)66-40)39-26-49(9,63-13)44(59)34(7)65-39)67-47-42(57)38(24-30(3)64-47)54(11)22-15-16-37-28-56(53-52-37)23-21-35-17-19-36(51)20-18-35/h17-20,28-34,38-45,47,57-59,61-62H,14-16,21-27H2,1-13H3/t29-,30-,31+,32-,33-,34+,38+,39?,40-,41+,42-,43-,44+,45-,47+,48-,49-,50-/m1/s1. The molecule has 1 aromatic carbocycles. The average Bonchev–Trinajstić information content (AvgIpc) is 3.73. The van der Waals surface area contributed by atoms with Crippen LogP contribution in [0.2, 0.25) is 0 Å². The number of aliphatic hydroxyl groups is 5. The zero-order valence-corrected chi connectivity index (χ0v) is 42.4. The van der Waals surface area contributed by atoms with Crippen LogP contribution in [-0.4, -0.2) is 175 Å². The van der Waals surface area contributed by atoms with Crippen LogP contribution < -0.4 is 0 Å². The van der Waals surface area contributed by atoms with Crippen LogP contribution in [0.15, 0.2) is 30.5 Å². The van der Waals surface area contributed by atoms with Gasteiger partial charge in [-0.15, -0.1) is 5.10 Å². The van der Waals surface area contributed by atoms with Crippen molar-refractivity contribution in [3.05, 3.63) is 47.5 Å². The van der Waals surface area contributed by atoms with Crippen LogP contribution in [-0.2, 0) is 47.9 Å². The van der Waals surface area contributed by atoms with E-state index in [9.17, 15) is 34.7 Å². The number of carbonyl (C=O) groups is 1. The van der Waals surface area contributed by atoms with Crippen LogP contribution in [0.25, 0.3) is 0 Å². The number of benzene rings is 1. The van der Waals surface area contributed by atoms with Gasteiger partial charge in [0.1, 0.15) is 35.8 Å². The molecular formula is C50H84FN5O11. The van der Waals surface area contributed by atoms with Gasteiger partial charge in [-0.3, -0.25) is 9.48 Å². The van der Waals surface area contributed by atoms with Crippen molar-refractivity contribution in [1.82, 2.24) is 24.8 Å². The first-order chi connectivity index (χ1) is 31.3. The quantitative estimate of drug-likeness (QED) is 0.179. The topological polar surface area (TPSA) is 202 Å². The van der Waals surface area contributed by atoms with Gasteiger partial charge in [-0.1, -0.05) is 45.0 Å². The van der Waals surface area contributed by atoms with Crippen molar-refractivity contribution in [1.29, 1.82) is 0 Å². The summed E-state index contributed by atoms with van der Waals surface area (Å²) in [5, 5.41) is 68.6. The molecule has 3 fully saturated rings. The average molecular weight is 950 g/mol. The Bertz CT molecular complexity index is 1860. The van der Waals surface area contributed by atoms with Crippen molar-refractivity contribution < 1.29 is 58.4 Å². The Labute approximate surface area is 398 Å². The predicted octanol–water partition coefficient (Wildman–Crippen LogP) is 4.15. The van der Waals surface area contributed by atoms with Crippen molar-refractivity contribution >= 4 is 5.97 Å². The maximum Gasteiger partial charge on any atom is 0.309 e. The molecule has 382 valence electrons. The van der Waals surface area contributed by atoms with Crippen LogP contribution >= 0.6 is 0 Å². The van der Waals surface area contributed by atoms with Gasteiger partial charge in [-0.05, 0) is 130 Å². The van der Waals surface area contributed by atoms with E-state index in [0.29, 0.717) is 38.9 Å². The molecule has 2 aromatic rings. The lowest BCUT2D eigenvalue weighted by Crippen LogP contribution is -2.62. The molecule has 1 aromatic heterocycles. The molecule has 5 rings (SSSR count). The number of methoxy groups -OCH3 is 1. The van der Waals surface area contributed by atoms with Crippen molar-refractivity contribution in [2.75, 3.05) is 34.3 Å². The van der Waals surface area contributed by atoms with E-state index in [4.69, 9.17) is 23.7 Å². The third-order valence-corrected chi connectivity index (χ3v) is 15.5. The second-order valence-electron chi connectivity index (χ2n) is 21.2. The highest BCUT2D eigenvalue weighted by Crippen LogP contribution is 2.45. The van der Waals surface area contributed by atoms with E-state index in [-0.39, 0.29) is 43.1 Å². The summed E-state index contributed by atoms with van der Waals surface area (Å²) in [4.78, 5) is 18.6. The number of likely N-dealkylation sites (N-methyl/N-ethyl adjacent to an activating group) is 2. The minimum atomic E-state index is -1.81. The highest BCUT2D eigenvalue weighted by atomic mass is 19.1. The Morgan fingerprint density at radius 2 is 1.64 bits per heavy atom.